The first-order valence-electron chi connectivity index (χ1n) is 11.6. The number of hydrogen-bond acceptors (Lipinski definition) is 3. The fraction of sp³-hybridized carbons (Fsp3) is 0.577. The number of carbonyl (C=O) groups is 1. The van der Waals surface area contributed by atoms with Crippen LogP contribution in [0.5, 0.6) is 11.5 Å². The SMILES string of the molecule is CCCCCC=CCC=CCCCCCCCC(=O)NCc1ccc(O)c(OC)c1. The summed E-state index contributed by atoms with van der Waals surface area (Å²) >= 11 is 0. The van der Waals surface area contributed by atoms with Crippen molar-refractivity contribution in [2.24, 2.45) is 0 Å². The van der Waals surface area contributed by atoms with Crippen molar-refractivity contribution in [2.75, 3.05) is 7.11 Å². The Balaban J connectivity index is 1.96. The first-order valence-corrected chi connectivity index (χ1v) is 11.6. The molecule has 4 heteroatoms. The van der Waals surface area contributed by atoms with Gasteiger partial charge < -0.3 is 15.2 Å². The van der Waals surface area contributed by atoms with Gasteiger partial charge in [-0.25, -0.2) is 0 Å². The number of phenolic OH excluding ortho intramolecular Hbond substituents is 1. The van der Waals surface area contributed by atoms with Gasteiger partial charge in [-0.2, -0.15) is 0 Å². The summed E-state index contributed by atoms with van der Waals surface area (Å²) in [6.45, 7) is 2.69. The van der Waals surface area contributed by atoms with E-state index in [4.69, 9.17) is 4.74 Å². The molecule has 4 nitrogen and oxygen atoms in total. The lowest BCUT2D eigenvalue weighted by Crippen LogP contribution is -2.22. The molecular weight excluding hydrogens is 374 g/mol. The predicted molar refractivity (Wildman–Crippen MR) is 126 cm³/mol. The topological polar surface area (TPSA) is 58.6 Å². The number of rotatable bonds is 17. The molecule has 2 N–H and O–H groups in total. The van der Waals surface area contributed by atoms with Crippen LogP contribution in [0.1, 0.15) is 89.5 Å². The molecule has 1 rings (SSSR count). The molecule has 0 aliphatic carbocycles. The zero-order valence-corrected chi connectivity index (χ0v) is 19.0. The van der Waals surface area contributed by atoms with Crippen molar-refractivity contribution in [3.8, 4) is 11.5 Å². The molecule has 0 aliphatic rings. The number of hydrogen-bond donors (Lipinski definition) is 2. The molecule has 168 valence electrons. The van der Waals surface area contributed by atoms with Gasteiger partial charge in [-0.05, 0) is 56.2 Å². The van der Waals surface area contributed by atoms with Gasteiger partial charge in [0.25, 0.3) is 0 Å². The van der Waals surface area contributed by atoms with E-state index < -0.39 is 0 Å². The van der Waals surface area contributed by atoms with E-state index in [1.54, 1.807) is 18.2 Å². The molecule has 0 aromatic heterocycles. The number of phenols is 1. The van der Waals surface area contributed by atoms with Crippen LogP contribution in [-0.2, 0) is 11.3 Å². The number of unbranched alkanes of at least 4 members (excludes halogenated alkanes) is 8. The molecule has 0 radical (unpaired) electrons. The van der Waals surface area contributed by atoms with Crippen LogP contribution < -0.4 is 10.1 Å². The molecule has 0 saturated heterocycles. The van der Waals surface area contributed by atoms with Crippen molar-refractivity contribution < 1.29 is 14.6 Å². The van der Waals surface area contributed by atoms with Crippen molar-refractivity contribution in [3.05, 3.63) is 48.1 Å². The molecule has 0 atom stereocenters. The normalized spacial score (nSPS) is 11.4. The van der Waals surface area contributed by atoms with Crippen molar-refractivity contribution >= 4 is 5.91 Å². The van der Waals surface area contributed by atoms with Gasteiger partial charge in [0.05, 0.1) is 7.11 Å². The molecule has 1 amide bonds. The Morgan fingerprint density at radius 2 is 1.63 bits per heavy atom. The maximum absolute atomic E-state index is 12.0. The van der Waals surface area contributed by atoms with E-state index in [2.05, 4.69) is 36.5 Å². The second-order valence-electron chi connectivity index (χ2n) is 7.76. The Hall–Kier alpha value is -2.23. The van der Waals surface area contributed by atoms with Crippen LogP contribution in [-0.4, -0.2) is 18.1 Å². The highest BCUT2D eigenvalue weighted by molar-refractivity contribution is 5.75. The minimum Gasteiger partial charge on any atom is -0.504 e. The number of amides is 1. The average molecular weight is 416 g/mol. The zero-order chi connectivity index (χ0) is 21.9. The molecule has 0 unspecified atom stereocenters. The number of allylic oxidation sites excluding steroid dienone is 4. The minimum atomic E-state index is 0.0766. The quantitative estimate of drug-likeness (QED) is 0.216. The lowest BCUT2D eigenvalue weighted by atomic mass is 10.1. The van der Waals surface area contributed by atoms with Gasteiger partial charge in [-0.3, -0.25) is 4.79 Å². The van der Waals surface area contributed by atoms with Gasteiger partial charge in [0.15, 0.2) is 11.5 Å². The maximum atomic E-state index is 12.0. The standard InChI is InChI=1S/C26H41NO3/c1-3-4-5-6-7-8-9-10-11-12-13-14-15-16-17-18-26(29)27-22-23-19-20-24(28)25(21-23)30-2/h7-8,10-11,19-21,28H,3-6,9,12-18,22H2,1-2H3,(H,27,29). The molecule has 30 heavy (non-hydrogen) atoms. The summed E-state index contributed by atoms with van der Waals surface area (Å²) in [6, 6.07) is 5.12. The summed E-state index contributed by atoms with van der Waals surface area (Å²) in [7, 11) is 1.52. The lowest BCUT2D eigenvalue weighted by Gasteiger charge is -2.08. The van der Waals surface area contributed by atoms with E-state index in [0.29, 0.717) is 18.7 Å². The van der Waals surface area contributed by atoms with Crippen molar-refractivity contribution in [3.63, 3.8) is 0 Å². The smallest absolute Gasteiger partial charge is 0.220 e. The Morgan fingerprint density at radius 1 is 0.967 bits per heavy atom. The third-order valence-corrected chi connectivity index (χ3v) is 5.09. The van der Waals surface area contributed by atoms with Crippen molar-refractivity contribution in [1.29, 1.82) is 0 Å². The van der Waals surface area contributed by atoms with Gasteiger partial charge in [0.2, 0.25) is 5.91 Å². The van der Waals surface area contributed by atoms with Gasteiger partial charge in [0, 0.05) is 13.0 Å². The molecule has 0 aliphatic heterocycles. The highest BCUT2D eigenvalue weighted by Gasteiger charge is 2.05. The Bertz CT molecular complexity index is 637. The second kappa shape index (κ2) is 17.6. The molecule has 0 bridgehead atoms. The summed E-state index contributed by atoms with van der Waals surface area (Å²) in [5.41, 5.74) is 0.915. The first kappa shape index (κ1) is 25.8. The summed E-state index contributed by atoms with van der Waals surface area (Å²) in [5.74, 6) is 0.612. The zero-order valence-electron chi connectivity index (χ0n) is 19.0. The molecular formula is C26H41NO3. The molecule has 1 aromatic rings. The first-order chi connectivity index (χ1) is 14.7. The summed E-state index contributed by atoms with van der Waals surface area (Å²) < 4.78 is 5.08. The van der Waals surface area contributed by atoms with E-state index in [1.165, 1.54) is 52.1 Å². The van der Waals surface area contributed by atoms with Gasteiger partial charge >= 0.3 is 0 Å². The maximum Gasteiger partial charge on any atom is 0.220 e. The van der Waals surface area contributed by atoms with E-state index in [1.807, 2.05) is 0 Å². The number of ether oxygens (including phenoxy) is 1. The highest BCUT2D eigenvalue weighted by atomic mass is 16.5. The molecule has 0 heterocycles. The van der Waals surface area contributed by atoms with E-state index in [0.717, 1.165) is 31.2 Å². The van der Waals surface area contributed by atoms with E-state index in [-0.39, 0.29) is 11.7 Å². The summed E-state index contributed by atoms with van der Waals surface area (Å²) in [5, 5.41) is 12.5. The van der Waals surface area contributed by atoms with Crippen LogP contribution in [0, 0.1) is 0 Å². The minimum absolute atomic E-state index is 0.0766. The number of aromatic hydroxyl groups is 1. The summed E-state index contributed by atoms with van der Waals surface area (Å²) in [4.78, 5) is 12.0. The molecule has 0 fully saturated rings. The largest absolute Gasteiger partial charge is 0.504 e. The Morgan fingerprint density at radius 3 is 2.33 bits per heavy atom. The van der Waals surface area contributed by atoms with Crippen LogP contribution in [0.15, 0.2) is 42.5 Å². The van der Waals surface area contributed by atoms with Gasteiger partial charge in [0.1, 0.15) is 0 Å². The molecule has 0 spiro atoms. The third-order valence-electron chi connectivity index (χ3n) is 5.09. The van der Waals surface area contributed by atoms with Crippen LogP contribution in [0.4, 0.5) is 0 Å². The summed E-state index contributed by atoms with van der Waals surface area (Å²) in [6.07, 6.45) is 22.7. The Labute approximate surface area is 183 Å². The average Bonchev–Trinajstić information content (AvgIpc) is 2.75. The molecule has 1 aromatic carbocycles. The number of methoxy groups -OCH3 is 1. The third kappa shape index (κ3) is 13.1. The monoisotopic (exact) mass is 415 g/mol. The highest BCUT2D eigenvalue weighted by Crippen LogP contribution is 2.26. The van der Waals surface area contributed by atoms with Crippen molar-refractivity contribution in [2.45, 2.75) is 90.5 Å². The fourth-order valence-electron chi connectivity index (χ4n) is 3.22. The number of carbonyl (C=O) groups excluding carboxylic acids is 1. The predicted octanol–water partition coefficient (Wildman–Crippen LogP) is 6.83. The van der Waals surface area contributed by atoms with Gasteiger partial charge in [-0.15, -0.1) is 0 Å². The van der Waals surface area contributed by atoms with Crippen LogP contribution in [0.25, 0.3) is 0 Å². The Kier molecular flexibility index (Phi) is 15.2. The number of nitrogens with one attached hydrogen (secondary N) is 1. The van der Waals surface area contributed by atoms with Crippen LogP contribution in [0.2, 0.25) is 0 Å². The van der Waals surface area contributed by atoms with Crippen LogP contribution in [0.3, 0.4) is 0 Å². The van der Waals surface area contributed by atoms with Crippen molar-refractivity contribution in [1.82, 2.24) is 5.32 Å². The lowest BCUT2D eigenvalue weighted by molar-refractivity contribution is -0.121. The fourth-order valence-corrected chi connectivity index (χ4v) is 3.22. The van der Waals surface area contributed by atoms with Crippen LogP contribution >= 0.6 is 0 Å². The van der Waals surface area contributed by atoms with Gasteiger partial charge in [-0.1, -0.05) is 69.4 Å². The number of benzene rings is 1. The second-order valence-corrected chi connectivity index (χ2v) is 7.76. The van der Waals surface area contributed by atoms with E-state index in [9.17, 15) is 9.90 Å². The van der Waals surface area contributed by atoms with E-state index >= 15 is 0 Å². The molecule has 0 saturated carbocycles.